The van der Waals surface area contributed by atoms with Gasteiger partial charge in [0, 0.05) is 24.7 Å². The lowest BCUT2D eigenvalue weighted by Crippen LogP contribution is -2.54. The Morgan fingerprint density at radius 3 is 0.896 bits per heavy atom. The average molecular weight is 681 g/mol. The first-order chi connectivity index (χ1) is 23.1. The zero-order valence-electron chi connectivity index (χ0n) is 32.9. The number of ether oxygens (including phenoxy) is 3. The third-order valence-corrected chi connectivity index (χ3v) is 9.58. The van der Waals surface area contributed by atoms with Crippen molar-refractivity contribution in [1.82, 2.24) is 0 Å². The molecule has 0 saturated heterocycles. The number of esters is 3. The van der Waals surface area contributed by atoms with Gasteiger partial charge in [0.1, 0.15) is 0 Å². The van der Waals surface area contributed by atoms with Crippen molar-refractivity contribution in [2.24, 2.45) is 5.41 Å². The van der Waals surface area contributed by atoms with Crippen LogP contribution in [0.15, 0.2) is 0 Å². The quantitative estimate of drug-likeness (QED) is 0.0382. The van der Waals surface area contributed by atoms with Gasteiger partial charge < -0.3 is 14.2 Å². The Bertz CT molecular complexity index is 735. The molecule has 0 aromatic carbocycles. The van der Waals surface area contributed by atoms with Crippen molar-refractivity contribution in [3.8, 4) is 0 Å². The highest BCUT2D eigenvalue weighted by Gasteiger charge is 2.51. The summed E-state index contributed by atoms with van der Waals surface area (Å²) in [7, 11) is 0. The molecule has 6 heteroatoms. The van der Waals surface area contributed by atoms with Crippen LogP contribution in [0.1, 0.15) is 234 Å². The van der Waals surface area contributed by atoms with Gasteiger partial charge >= 0.3 is 17.9 Å². The Morgan fingerprint density at radius 1 is 0.375 bits per heavy atom. The third-order valence-electron chi connectivity index (χ3n) is 9.58. The van der Waals surface area contributed by atoms with Crippen molar-refractivity contribution in [2.45, 2.75) is 240 Å². The van der Waals surface area contributed by atoms with Crippen LogP contribution >= 0.6 is 0 Å². The predicted molar refractivity (Wildman–Crippen MR) is 201 cm³/mol. The fraction of sp³-hybridized carbons (Fsp3) is 0.929. The van der Waals surface area contributed by atoms with Gasteiger partial charge in [-0.3, -0.25) is 14.4 Å². The number of hydrogen-bond donors (Lipinski definition) is 0. The van der Waals surface area contributed by atoms with Crippen LogP contribution in [0.4, 0.5) is 0 Å². The second-order valence-corrected chi connectivity index (χ2v) is 15.3. The minimum atomic E-state index is -1.66. The van der Waals surface area contributed by atoms with Crippen LogP contribution in [0, 0.1) is 5.41 Å². The fourth-order valence-electron chi connectivity index (χ4n) is 6.06. The molecule has 0 aromatic rings. The van der Waals surface area contributed by atoms with E-state index in [4.69, 9.17) is 14.2 Å². The SMILES string of the molecule is CCCCCCCCCCCC(=O)OCC(OC(=O)CCCCCCCCCCC)(OC(=O)CCCCCCCCCCC)C(C)(C)C. The molecule has 284 valence electrons. The molecule has 0 bridgehead atoms. The molecule has 0 amide bonds. The second kappa shape index (κ2) is 31.4. The van der Waals surface area contributed by atoms with Crippen molar-refractivity contribution in [3.63, 3.8) is 0 Å². The number of hydrogen-bond acceptors (Lipinski definition) is 6. The summed E-state index contributed by atoms with van der Waals surface area (Å²) in [6, 6.07) is 0. The molecule has 0 aliphatic heterocycles. The maximum atomic E-state index is 13.2. The van der Waals surface area contributed by atoms with Gasteiger partial charge in [-0.2, -0.15) is 0 Å². The molecule has 0 N–H and O–H groups in total. The lowest BCUT2D eigenvalue weighted by atomic mass is 9.85. The molecule has 0 unspecified atom stereocenters. The topological polar surface area (TPSA) is 78.9 Å². The summed E-state index contributed by atoms with van der Waals surface area (Å²) in [4.78, 5) is 39.1. The Labute approximate surface area is 298 Å². The van der Waals surface area contributed by atoms with Crippen LogP contribution in [0.2, 0.25) is 0 Å². The number of unbranched alkanes of at least 4 members (excludes halogenated alkanes) is 24. The molecule has 0 radical (unpaired) electrons. The van der Waals surface area contributed by atoms with E-state index in [1.54, 1.807) is 0 Å². The standard InChI is InChI=1S/C42H80O6/c1-7-10-13-16-19-22-25-28-31-34-38(43)46-37-42(41(4,5)6,47-39(44)35-32-29-26-23-20-17-14-11-8-2)48-40(45)36-33-30-27-24-21-18-15-12-9-3/h7-37H2,1-6H3. The largest absolute Gasteiger partial charge is 0.457 e. The Balaban J connectivity index is 5.01. The van der Waals surface area contributed by atoms with Crippen LogP contribution in [-0.4, -0.2) is 30.3 Å². The van der Waals surface area contributed by atoms with Gasteiger partial charge in [-0.1, -0.05) is 196 Å². The highest BCUT2D eigenvalue weighted by Crippen LogP contribution is 2.37. The van der Waals surface area contributed by atoms with E-state index >= 15 is 0 Å². The van der Waals surface area contributed by atoms with E-state index in [1.807, 2.05) is 20.8 Å². The van der Waals surface area contributed by atoms with Crippen LogP contribution in [0.25, 0.3) is 0 Å². The maximum absolute atomic E-state index is 13.2. The highest BCUT2D eigenvalue weighted by molar-refractivity contribution is 5.73. The highest BCUT2D eigenvalue weighted by atomic mass is 16.8. The fourth-order valence-corrected chi connectivity index (χ4v) is 6.06. The number of rotatable bonds is 34. The summed E-state index contributed by atoms with van der Waals surface area (Å²) in [5.74, 6) is -2.80. The predicted octanol–water partition coefficient (Wildman–Crippen LogP) is 13.1. The lowest BCUT2D eigenvalue weighted by Gasteiger charge is -2.41. The molecular weight excluding hydrogens is 600 g/mol. The second-order valence-electron chi connectivity index (χ2n) is 15.3. The minimum absolute atomic E-state index is 0.260. The van der Waals surface area contributed by atoms with Crippen LogP contribution in [-0.2, 0) is 28.6 Å². The van der Waals surface area contributed by atoms with Crippen LogP contribution in [0.5, 0.6) is 0 Å². The van der Waals surface area contributed by atoms with Crippen molar-refractivity contribution in [1.29, 1.82) is 0 Å². The average Bonchev–Trinajstić information content (AvgIpc) is 3.04. The monoisotopic (exact) mass is 681 g/mol. The van der Waals surface area contributed by atoms with E-state index in [2.05, 4.69) is 20.8 Å². The summed E-state index contributed by atoms with van der Waals surface area (Å²) >= 11 is 0. The van der Waals surface area contributed by atoms with Gasteiger partial charge in [-0.05, 0) is 19.3 Å². The van der Waals surface area contributed by atoms with Crippen LogP contribution in [0.3, 0.4) is 0 Å². The van der Waals surface area contributed by atoms with E-state index in [9.17, 15) is 14.4 Å². The Hall–Kier alpha value is -1.59. The zero-order valence-corrected chi connectivity index (χ0v) is 32.9. The first kappa shape index (κ1) is 46.4. The minimum Gasteiger partial charge on any atom is -0.457 e. The molecule has 0 rings (SSSR count). The summed E-state index contributed by atoms with van der Waals surface area (Å²) in [6.45, 7) is 12.0. The van der Waals surface area contributed by atoms with Gasteiger partial charge in [0.05, 0.1) is 0 Å². The molecule has 0 aliphatic rings. The van der Waals surface area contributed by atoms with Crippen LogP contribution < -0.4 is 0 Å². The molecule has 0 atom stereocenters. The molecule has 0 heterocycles. The molecular formula is C42H80O6. The van der Waals surface area contributed by atoms with Gasteiger partial charge in [0.25, 0.3) is 5.79 Å². The van der Waals surface area contributed by atoms with Gasteiger partial charge in [0.2, 0.25) is 0 Å². The summed E-state index contributed by atoms with van der Waals surface area (Å²) in [6.07, 6.45) is 32.2. The van der Waals surface area contributed by atoms with Crippen molar-refractivity contribution in [3.05, 3.63) is 0 Å². The molecule has 0 aromatic heterocycles. The van der Waals surface area contributed by atoms with Crippen molar-refractivity contribution in [2.75, 3.05) is 6.61 Å². The third kappa shape index (κ3) is 26.3. The van der Waals surface area contributed by atoms with E-state index in [-0.39, 0.29) is 25.4 Å². The van der Waals surface area contributed by atoms with E-state index in [0.29, 0.717) is 6.42 Å². The van der Waals surface area contributed by atoms with Gasteiger partial charge in [-0.15, -0.1) is 0 Å². The molecule has 0 fully saturated rings. The molecule has 0 aliphatic carbocycles. The van der Waals surface area contributed by atoms with E-state index in [0.717, 1.165) is 57.8 Å². The maximum Gasteiger partial charge on any atom is 0.309 e. The Morgan fingerprint density at radius 2 is 0.625 bits per heavy atom. The molecule has 0 spiro atoms. The summed E-state index contributed by atoms with van der Waals surface area (Å²) in [5, 5.41) is 0. The molecule has 48 heavy (non-hydrogen) atoms. The number of carbonyl (C=O) groups excluding carboxylic acids is 3. The smallest absolute Gasteiger partial charge is 0.309 e. The normalized spacial score (nSPS) is 11.9. The summed E-state index contributed by atoms with van der Waals surface area (Å²) < 4.78 is 17.8. The van der Waals surface area contributed by atoms with E-state index in [1.165, 1.54) is 116 Å². The van der Waals surface area contributed by atoms with E-state index < -0.39 is 23.1 Å². The zero-order chi connectivity index (χ0) is 35.8. The molecule has 6 nitrogen and oxygen atoms in total. The first-order valence-electron chi connectivity index (χ1n) is 20.7. The number of carbonyl (C=O) groups is 3. The van der Waals surface area contributed by atoms with Crippen molar-refractivity contribution < 1.29 is 28.6 Å². The Kier molecular flexibility index (Phi) is 30.4. The first-order valence-corrected chi connectivity index (χ1v) is 20.7. The van der Waals surface area contributed by atoms with Gasteiger partial charge in [-0.25, -0.2) is 0 Å². The van der Waals surface area contributed by atoms with Gasteiger partial charge in [0.15, 0.2) is 6.61 Å². The summed E-state index contributed by atoms with van der Waals surface area (Å²) in [5.41, 5.74) is -0.784. The molecule has 0 saturated carbocycles. The lowest BCUT2D eigenvalue weighted by molar-refractivity contribution is -0.280. The van der Waals surface area contributed by atoms with Crippen molar-refractivity contribution >= 4 is 17.9 Å².